The Balaban J connectivity index is 1.60. The van der Waals surface area contributed by atoms with E-state index in [1.165, 1.54) is 6.42 Å². The fourth-order valence-electron chi connectivity index (χ4n) is 3.24. The van der Waals surface area contributed by atoms with Crippen molar-refractivity contribution in [1.82, 2.24) is 14.9 Å². The van der Waals surface area contributed by atoms with Gasteiger partial charge in [0, 0.05) is 36.6 Å². The van der Waals surface area contributed by atoms with Crippen molar-refractivity contribution < 1.29 is 4.79 Å². The van der Waals surface area contributed by atoms with Gasteiger partial charge in [-0.25, -0.2) is 0 Å². The number of hydrogen-bond donors (Lipinski definition) is 1. The number of anilines is 2. The largest absolute Gasteiger partial charge is 0.354 e. The van der Waals surface area contributed by atoms with Crippen LogP contribution < -0.4 is 5.32 Å². The van der Waals surface area contributed by atoms with Crippen LogP contribution in [0.25, 0.3) is 10.9 Å². The van der Waals surface area contributed by atoms with E-state index in [0.717, 1.165) is 48.2 Å². The highest BCUT2D eigenvalue weighted by molar-refractivity contribution is 5.95. The van der Waals surface area contributed by atoms with Crippen molar-refractivity contribution in [3.63, 3.8) is 0 Å². The van der Waals surface area contributed by atoms with Crippen LogP contribution in [0.1, 0.15) is 29.8 Å². The minimum absolute atomic E-state index is 0.0133. The van der Waals surface area contributed by atoms with Gasteiger partial charge in [0.1, 0.15) is 5.69 Å². The molecule has 1 aromatic carbocycles. The number of nitrogens with zero attached hydrogens (tertiary/aromatic N) is 3. The molecule has 1 N–H and O–H groups in total. The molecule has 0 spiro atoms. The van der Waals surface area contributed by atoms with Gasteiger partial charge in [0.2, 0.25) is 0 Å². The summed E-state index contributed by atoms with van der Waals surface area (Å²) in [6, 6.07) is 13.7. The monoisotopic (exact) mass is 332 g/mol. The molecule has 1 amide bonds. The molecule has 0 radical (unpaired) electrons. The second-order valence-corrected chi connectivity index (χ2v) is 6.29. The maximum Gasteiger partial charge on any atom is 0.272 e. The molecular weight excluding hydrogens is 312 g/mol. The molecule has 25 heavy (non-hydrogen) atoms. The number of nitrogens with one attached hydrogen (secondary N) is 1. The van der Waals surface area contributed by atoms with Crippen LogP contribution in [0.15, 0.2) is 54.9 Å². The summed E-state index contributed by atoms with van der Waals surface area (Å²) in [5.41, 5.74) is 3.15. The summed E-state index contributed by atoms with van der Waals surface area (Å²) in [4.78, 5) is 23.3. The number of pyridine rings is 2. The average molecular weight is 332 g/mol. The van der Waals surface area contributed by atoms with Gasteiger partial charge < -0.3 is 10.2 Å². The predicted molar refractivity (Wildman–Crippen MR) is 99.0 cm³/mol. The summed E-state index contributed by atoms with van der Waals surface area (Å²) in [6.45, 7) is 1.65. The van der Waals surface area contributed by atoms with E-state index >= 15 is 0 Å². The summed E-state index contributed by atoms with van der Waals surface area (Å²) in [7, 11) is 0. The van der Waals surface area contributed by atoms with E-state index in [0.29, 0.717) is 5.69 Å². The number of carbonyl (C=O) groups excluding carboxylic acids is 1. The molecule has 5 heteroatoms. The van der Waals surface area contributed by atoms with Gasteiger partial charge >= 0.3 is 0 Å². The highest BCUT2D eigenvalue weighted by atomic mass is 16.2. The molecule has 1 saturated heterocycles. The number of carbonyl (C=O) groups is 1. The fraction of sp³-hybridized carbons (Fsp3) is 0.250. The van der Waals surface area contributed by atoms with Gasteiger partial charge in [0.15, 0.2) is 0 Å². The van der Waals surface area contributed by atoms with E-state index in [-0.39, 0.29) is 5.91 Å². The highest BCUT2D eigenvalue weighted by Crippen LogP contribution is 2.25. The zero-order chi connectivity index (χ0) is 17.1. The first-order chi connectivity index (χ1) is 12.3. The normalized spacial score (nSPS) is 14.5. The number of aromatic nitrogens is 2. The molecule has 0 aliphatic carbocycles. The molecule has 4 rings (SSSR count). The SMILES string of the molecule is O=C(c1cc(Nc2cccc3cccnc23)ccn1)N1CCCCC1. The summed E-state index contributed by atoms with van der Waals surface area (Å²) >= 11 is 0. The van der Waals surface area contributed by atoms with Gasteiger partial charge in [0.05, 0.1) is 11.2 Å². The summed E-state index contributed by atoms with van der Waals surface area (Å²) < 4.78 is 0. The topological polar surface area (TPSA) is 58.1 Å². The van der Waals surface area contributed by atoms with Crippen LogP contribution in [0, 0.1) is 0 Å². The molecule has 0 atom stereocenters. The number of para-hydroxylation sites is 1. The van der Waals surface area contributed by atoms with Crippen LogP contribution in [-0.4, -0.2) is 33.9 Å². The Labute approximate surface area is 146 Å². The first-order valence-corrected chi connectivity index (χ1v) is 8.67. The Hall–Kier alpha value is -2.95. The molecule has 0 bridgehead atoms. The number of rotatable bonds is 3. The van der Waals surface area contributed by atoms with Crippen LogP contribution in [0.5, 0.6) is 0 Å². The van der Waals surface area contributed by atoms with E-state index in [2.05, 4.69) is 15.3 Å². The second-order valence-electron chi connectivity index (χ2n) is 6.29. The zero-order valence-electron chi connectivity index (χ0n) is 14.0. The molecule has 0 unspecified atom stereocenters. The van der Waals surface area contributed by atoms with E-state index in [4.69, 9.17) is 0 Å². The average Bonchev–Trinajstić information content (AvgIpc) is 2.69. The molecule has 2 aromatic heterocycles. The lowest BCUT2D eigenvalue weighted by Crippen LogP contribution is -2.36. The number of fused-ring (bicyclic) bond motifs is 1. The van der Waals surface area contributed by atoms with E-state index in [1.54, 1.807) is 12.4 Å². The number of benzene rings is 1. The summed E-state index contributed by atoms with van der Waals surface area (Å²) in [5.74, 6) is 0.0133. The number of likely N-dealkylation sites (tertiary alicyclic amines) is 1. The first-order valence-electron chi connectivity index (χ1n) is 8.67. The van der Waals surface area contributed by atoms with Crippen molar-refractivity contribution in [3.8, 4) is 0 Å². The van der Waals surface area contributed by atoms with Crippen LogP contribution in [-0.2, 0) is 0 Å². The van der Waals surface area contributed by atoms with E-state index in [9.17, 15) is 4.79 Å². The zero-order valence-corrected chi connectivity index (χ0v) is 14.0. The summed E-state index contributed by atoms with van der Waals surface area (Å²) in [6.07, 6.45) is 6.81. The van der Waals surface area contributed by atoms with Gasteiger partial charge in [-0.3, -0.25) is 14.8 Å². The minimum atomic E-state index is 0.0133. The van der Waals surface area contributed by atoms with Crippen molar-refractivity contribution in [3.05, 3.63) is 60.6 Å². The van der Waals surface area contributed by atoms with Crippen LogP contribution in [0.4, 0.5) is 11.4 Å². The van der Waals surface area contributed by atoms with Gasteiger partial charge in [-0.15, -0.1) is 0 Å². The van der Waals surface area contributed by atoms with Crippen molar-refractivity contribution in [2.24, 2.45) is 0 Å². The lowest BCUT2D eigenvalue weighted by atomic mass is 10.1. The fourth-order valence-corrected chi connectivity index (χ4v) is 3.24. The highest BCUT2D eigenvalue weighted by Gasteiger charge is 2.19. The number of amides is 1. The third-order valence-corrected chi connectivity index (χ3v) is 4.53. The third-order valence-electron chi connectivity index (χ3n) is 4.53. The molecule has 126 valence electrons. The van der Waals surface area contributed by atoms with Crippen molar-refractivity contribution in [1.29, 1.82) is 0 Å². The Kier molecular flexibility index (Phi) is 4.29. The molecule has 3 aromatic rings. The molecule has 1 aliphatic heterocycles. The quantitative estimate of drug-likeness (QED) is 0.787. The molecule has 3 heterocycles. The van der Waals surface area contributed by atoms with Crippen LogP contribution in [0.2, 0.25) is 0 Å². The maximum absolute atomic E-state index is 12.6. The lowest BCUT2D eigenvalue weighted by molar-refractivity contribution is 0.0718. The number of hydrogen-bond acceptors (Lipinski definition) is 4. The van der Waals surface area contributed by atoms with Crippen LogP contribution >= 0.6 is 0 Å². The van der Waals surface area contributed by atoms with Crippen molar-refractivity contribution in [2.45, 2.75) is 19.3 Å². The smallest absolute Gasteiger partial charge is 0.272 e. The molecule has 1 aliphatic rings. The van der Waals surface area contributed by atoms with Gasteiger partial charge in [0.25, 0.3) is 5.91 Å². The van der Waals surface area contributed by atoms with Gasteiger partial charge in [-0.05, 0) is 43.5 Å². The Morgan fingerprint density at radius 2 is 1.80 bits per heavy atom. The first kappa shape index (κ1) is 15.6. The third kappa shape index (κ3) is 3.31. The standard InChI is InChI=1S/C20H20N4O/c25-20(24-12-2-1-3-13-24)18-14-16(9-11-21-18)23-17-8-4-6-15-7-5-10-22-19(15)17/h4-11,14H,1-3,12-13H2,(H,21,23). The van der Waals surface area contributed by atoms with Gasteiger partial charge in [-0.1, -0.05) is 18.2 Å². The van der Waals surface area contributed by atoms with E-state index < -0.39 is 0 Å². The Morgan fingerprint density at radius 3 is 2.68 bits per heavy atom. The van der Waals surface area contributed by atoms with Gasteiger partial charge in [-0.2, -0.15) is 0 Å². The summed E-state index contributed by atoms with van der Waals surface area (Å²) in [5, 5.41) is 4.45. The number of piperidine rings is 1. The maximum atomic E-state index is 12.6. The van der Waals surface area contributed by atoms with Crippen LogP contribution in [0.3, 0.4) is 0 Å². The second kappa shape index (κ2) is 6.89. The van der Waals surface area contributed by atoms with Crippen molar-refractivity contribution in [2.75, 3.05) is 18.4 Å². The molecular formula is C20H20N4O. The van der Waals surface area contributed by atoms with E-state index in [1.807, 2.05) is 47.4 Å². The predicted octanol–water partition coefficient (Wildman–Crippen LogP) is 4.00. The Morgan fingerprint density at radius 1 is 0.960 bits per heavy atom. The minimum Gasteiger partial charge on any atom is -0.354 e. The molecule has 0 saturated carbocycles. The molecule has 1 fully saturated rings. The molecule has 5 nitrogen and oxygen atoms in total. The van der Waals surface area contributed by atoms with Crippen molar-refractivity contribution >= 4 is 28.2 Å². The Bertz CT molecular complexity index is 898. The lowest BCUT2D eigenvalue weighted by Gasteiger charge is -2.26.